The molecule has 0 unspecified atom stereocenters. The van der Waals surface area contributed by atoms with Crippen LogP contribution in [-0.4, -0.2) is 49.3 Å². The molecular formula is C13H26N2O. The Morgan fingerprint density at radius 3 is 2.75 bits per heavy atom. The zero-order valence-electron chi connectivity index (χ0n) is 10.8. The van der Waals surface area contributed by atoms with Crippen LogP contribution in [0.1, 0.15) is 39.5 Å². The van der Waals surface area contributed by atoms with Gasteiger partial charge < -0.3 is 10.1 Å². The smallest absolute Gasteiger partial charge is 0.0597 e. The molecule has 1 spiro atoms. The van der Waals surface area contributed by atoms with Crippen molar-refractivity contribution in [3.05, 3.63) is 0 Å². The van der Waals surface area contributed by atoms with Gasteiger partial charge in [-0.3, -0.25) is 4.90 Å². The van der Waals surface area contributed by atoms with Crippen molar-refractivity contribution >= 4 is 0 Å². The zero-order valence-corrected chi connectivity index (χ0v) is 10.8. The highest BCUT2D eigenvalue weighted by molar-refractivity contribution is 4.99. The Kier molecular flexibility index (Phi) is 4.22. The summed E-state index contributed by atoms with van der Waals surface area (Å²) in [5, 5.41) is 3.56. The van der Waals surface area contributed by atoms with Crippen molar-refractivity contribution in [1.82, 2.24) is 10.2 Å². The molecule has 0 amide bonds. The molecule has 0 aromatic heterocycles. The van der Waals surface area contributed by atoms with Crippen LogP contribution in [0.3, 0.4) is 0 Å². The van der Waals surface area contributed by atoms with E-state index < -0.39 is 0 Å². The second kappa shape index (κ2) is 5.48. The number of rotatable bonds is 4. The van der Waals surface area contributed by atoms with Crippen molar-refractivity contribution < 1.29 is 4.74 Å². The van der Waals surface area contributed by atoms with Crippen molar-refractivity contribution in [2.45, 2.75) is 51.2 Å². The minimum Gasteiger partial charge on any atom is -0.377 e. The molecule has 2 aliphatic rings. The molecule has 0 atom stereocenters. The molecule has 0 aromatic rings. The largest absolute Gasteiger partial charge is 0.377 e. The fourth-order valence-corrected chi connectivity index (χ4v) is 3.16. The average Bonchev–Trinajstić information content (AvgIpc) is 2.70. The van der Waals surface area contributed by atoms with Crippen molar-refractivity contribution in [3.63, 3.8) is 0 Å². The van der Waals surface area contributed by atoms with E-state index in [1.165, 1.54) is 38.8 Å². The van der Waals surface area contributed by atoms with E-state index in [1.54, 1.807) is 0 Å². The molecule has 16 heavy (non-hydrogen) atoms. The van der Waals surface area contributed by atoms with Gasteiger partial charge in [-0.25, -0.2) is 0 Å². The Bertz CT molecular complexity index is 212. The Morgan fingerprint density at radius 1 is 1.31 bits per heavy atom. The van der Waals surface area contributed by atoms with Crippen molar-refractivity contribution in [3.8, 4) is 0 Å². The molecule has 2 rings (SSSR count). The third-order valence-electron chi connectivity index (χ3n) is 4.03. The van der Waals surface area contributed by atoms with Gasteiger partial charge in [-0.1, -0.05) is 12.8 Å². The SMILES string of the molecule is CC(C)OCCN1CCNCC12CCCC2. The van der Waals surface area contributed by atoms with Gasteiger partial charge in [-0.2, -0.15) is 0 Å². The molecule has 0 aromatic carbocycles. The summed E-state index contributed by atoms with van der Waals surface area (Å²) in [6.45, 7) is 9.75. The predicted molar refractivity (Wildman–Crippen MR) is 66.7 cm³/mol. The fourth-order valence-electron chi connectivity index (χ4n) is 3.16. The first-order valence-electron chi connectivity index (χ1n) is 6.80. The summed E-state index contributed by atoms with van der Waals surface area (Å²) in [6.07, 6.45) is 5.93. The Balaban J connectivity index is 1.84. The predicted octanol–water partition coefficient (Wildman–Crippen LogP) is 1.63. The maximum atomic E-state index is 5.69. The number of nitrogens with zero attached hydrogens (tertiary/aromatic N) is 1. The van der Waals surface area contributed by atoms with Gasteiger partial charge in [0.25, 0.3) is 0 Å². The van der Waals surface area contributed by atoms with E-state index in [4.69, 9.17) is 4.74 Å². The highest BCUT2D eigenvalue weighted by Gasteiger charge is 2.40. The van der Waals surface area contributed by atoms with Gasteiger partial charge >= 0.3 is 0 Å². The summed E-state index contributed by atoms with van der Waals surface area (Å²) in [7, 11) is 0. The monoisotopic (exact) mass is 226 g/mol. The molecule has 1 heterocycles. The first-order chi connectivity index (χ1) is 7.73. The van der Waals surface area contributed by atoms with Crippen LogP contribution in [0.5, 0.6) is 0 Å². The van der Waals surface area contributed by atoms with Crippen LogP contribution in [-0.2, 0) is 4.74 Å². The molecule has 1 N–H and O–H groups in total. The normalized spacial score (nSPS) is 25.7. The molecular weight excluding hydrogens is 200 g/mol. The summed E-state index contributed by atoms with van der Waals surface area (Å²) in [4.78, 5) is 2.68. The fraction of sp³-hybridized carbons (Fsp3) is 1.00. The lowest BCUT2D eigenvalue weighted by Gasteiger charge is -2.45. The van der Waals surface area contributed by atoms with E-state index in [0.29, 0.717) is 11.6 Å². The second-order valence-corrected chi connectivity index (χ2v) is 5.51. The van der Waals surface area contributed by atoms with E-state index in [0.717, 1.165) is 19.7 Å². The van der Waals surface area contributed by atoms with Crippen LogP contribution in [0.4, 0.5) is 0 Å². The molecule has 3 nitrogen and oxygen atoms in total. The Labute approximate surface area is 99.5 Å². The van der Waals surface area contributed by atoms with Gasteiger partial charge in [0.1, 0.15) is 0 Å². The molecule has 0 radical (unpaired) electrons. The van der Waals surface area contributed by atoms with E-state index in [2.05, 4.69) is 24.1 Å². The third kappa shape index (κ3) is 2.76. The molecule has 3 heteroatoms. The van der Waals surface area contributed by atoms with Crippen LogP contribution in [0.2, 0.25) is 0 Å². The average molecular weight is 226 g/mol. The summed E-state index contributed by atoms with van der Waals surface area (Å²) in [6, 6.07) is 0. The van der Waals surface area contributed by atoms with Crippen LogP contribution in [0.25, 0.3) is 0 Å². The van der Waals surface area contributed by atoms with Gasteiger partial charge in [0.15, 0.2) is 0 Å². The molecule has 0 bridgehead atoms. The van der Waals surface area contributed by atoms with Gasteiger partial charge in [-0.05, 0) is 26.7 Å². The summed E-state index contributed by atoms with van der Waals surface area (Å²) in [5.41, 5.74) is 0.471. The maximum absolute atomic E-state index is 5.69. The van der Waals surface area contributed by atoms with Gasteiger partial charge in [-0.15, -0.1) is 0 Å². The van der Waals surface area contributed by atoms with Crippen LogP contribution < -0.4 is 5.32 Å². The van der Waals surface area contributed by atoms with Crippen LogP contribution >= 0.6 is 0 Å². The summed E-state index contributed by atoms with van der Waals surface area (Å²) in [5.74, 6) is 0. The van der Waals surface area contributed by atoms with Crippen molar-refractivity contribution in [2.24, 2.45) is 0 Å². The van der Waals surface area contributed by atoms with Gasteiger partial charge in [0.05, 0.1) is 12.7 Å². The van der Waals surface area contributed by atoms with E-state index >= 15 is 0 Å². The lowest BCUT2D eigenvalue weighted by atomic mass is 9.93. The minimum atomic E-state index is 0.363. The standard InChI is InChI=1S/C13H26N2O/c1-12(2)16-10-9-15-8-7-14-11-13(15)5-3-4-6-13/h12,14H,3-11H2,1-2H3. The maximum Gasteiger partial charge on any atom is 0.0597 e. The third-order valence-corrected chi connectivity index (χ3v) is 4.03. The molecule has 94 valence electrons. The number of hydrogen-bond acceptors (Lipinski definition) is 3. The van der Waals surface area contributed by atoms with Crippen LogP contribution in [0.15, 0.2) is 0 Å². The van der Waals surface area contributed by atoms with E-state index in [9.17, 15) is 0 Å². The Hall–Kier alpha value is -0.120. The van der Waals surface area contributed by atoms with E-state index in [-0.39, 0.29) is 0 Å². The topological polar surface area (TPSA) is 24.5 Å². The number of hydrogen-bond donors (Lipinski definition) is 1. The molecule has 1 aliphatic carbocycles. The zero-order chi connectivity index (χ0) is 11.4. The Morgan fingerprint density at radius 2 is 2.06 bits per heavy atom. The first-order valence-corrected chi connectivity index (χ1v) is 6.80. The lowest BCUT2D eigenvalue weighted by molar-refractivity contribution is 0.0101. The van der Waals surface area contributed by atoms with Gasteiger partial charge in [0.2, 0.25) is 0 Å². The lowest BCUT2D eigenvalue weighted by Crippen LogP contribution is -2.60. The quantitative estimate of drug-likeness (QED) is 0.788. The van der Waals surface area contributed by atoms with E-state index in [1.807, 2.05) is 0 Å². The number of piperazine rings is 1. The number of nitrogens with one attached hydrogen (secondary N) is 1. The number of ether oxygens (including phenoxy) is 1. The van der Waals surface area contributed by atoms with Gasteiger partial charge in [0, 0.05) is 31.7 Å². The molecule has 1 saturated carbocycles. The molecule has 1 saturated heterocycles. The molecule has 1 aliphatic heterocycles. The minimum absolute atomic E-state index is 0.363. The van der Waals surface area contributed by atoms with Crippen LogP contribution in [0, 0.1) is 0 Å². The van der Waals surface area contributed by atoms with Crippen molar-refractivity contribution in [2.75, 3.05) is 32.8 Å². The van der Waals surface area contributed by atoms with Crippen molar-refractivity contribution in [1.29, 1.82) is 0 Å². The summed E-state index contributed by atoms with van der Waals surface area (Å²) >= 11 is 0. The molecule has 2 fully saturated rings. The highest BCUT2D eigenvalue weighted by Crippen LogP contribution is 2.35. The second-order valence-electron chi connectivity index (χ2n) is 5.51. The first kappa shape index (κ1) is 12.3. The summed E-state index contributed by atoms with van der Waals surface area (Å²) < 4.78 is 5.69. The highest BCUT2D eigenvalue weighted by atomic mass is 16.5.